The molecule has 2 unspecified atom stereocenters. The van der Waals surface area contributed by atoms with E-state index in [1.165, 1.54) is 12.8 Å². The Labute approximate surface area is 67.4 Å². The van der Waals surface area contributed by atoms with Crippen LogP contribution in [0.2, 0.25) is 0 Å². The zero-order valence-corrected chi connectivity index (χ0v) is 7.13. The van der Waals surface area contributed by atoms with Gasteiger partial charge in [-0.2, -0.15) is 0 Å². The van der Waals surface area contributed by atoms with Gasteiger partial charge >= 0.3 is 0 Å². The lowest BCUT2D eigenvalue weighted by molar-refractivity contribution is -0.119. The number of hydrogen-bond donors (Lipinski definition) is 1. The minimum Gasteiger partial charge on any atom is -0.353 e. The van der Waals surface area contributed by atoms with Crippen LogP contribution in [-0.4, -0.2) is 11.9 Å². The predicted molar refractivity (Wildman–Crippen MR) is 43.0 cm³/mol. The zero-order valence-electron chi connectivity index (χ0n) is 7.13. The van der Waals surface area contributed by atoms with Crippen LogP contribution in [0.25, 0.3) is 0 Å². The summed E-state index contributed by atoms with van der Waals surface area (Å²) < 4.78 is 0. The van der Waals surface area contributed by atoms with Crippen LogP contribution in [0.15, 0.2) is 0 Å². The molecule has 11 heavy (non-hydrogen) atoms. The molecule has 0 spiro atoms. The molecule has 2 aliphatic carbocycles. The molecular weight excluding hydrogens is 138 g/mol. The summed E-state index contributed by atoms with van der Waals surface area (Å²) in [5.74, 6) is 2.69. The van der Waals surface area contributed by atoms with Gasteiger partial charge in [-0.3, -0.25) is 4.79 Å². The van der Waals surface area contributed by atoms with E-state index < -0.39 is 0 Å². The van der Waals surface area contributed by atoms with Gasteiger partial charge in [0.15, 0.2) is 0 Å². The maximum absolute atomic E-state index is 10.7. The van der Waals surface area contributed by atoms with Crippen LogP contribution >= 0.6 is 0 Å². The number of nitrogens with one attached hydrogen (secondary N) is 1. The van der Waals surface area contributed by atoms with Gasteiger partial charge in [-0.1, -0.05) is 6.92 Å². The van der Waals surface area contributed by atoms with Crippen molar-refractivity contribution in [3.63, 3.8) is 0 Å². The van der Waals surface area contributed by atoms with Crippen LogP contribution in [0.4, 0.5) is 0 Å². The second-order valence-electron chi connectivity index (χ2n) is 4.13. The third-order valence-corrected chi connectivity index (χ3v) is 3.05. The van der Waals surface area contributed by atoms with Crippen LogP contribution in [0.3, 0.4) is 0 Å². The molecule has 1 amide bonds. The molecule has 2 rings (SSSR count). The zero-order chi connectivity index (χ0) is 8.01. The highest BCUT2D eigenvalue weighted by Crippen LogP contribution is 2.54. The molecule has 2 aliphatic rings. The van der Waals surface area contributed by atoms with Gasteiger partial charge in [0.2, 0.25) is 5.91 Å². The second kappa shape index (κ2) is 2.23. The van der Waals surface area contributed by atoms with Gasteiger partial charge in [0, 0.05) is 13.0 Å². The molecular formula is C9H15NO. The fourth-order valence-electron chi connectivity index (χ4n) is 2.56. The van der Waals surface area contributed by atoms with E-state index in [0.717, 1.165) is 17.8 Å². The molecule has 2 nitrogen and oxygen atoms in total. The standard InChI is InChI=1S/C9H15NO/c1-5-3-7-8(4-5)9(7)10-6(2)11/h5,7-9H,3-4H2,1-2H3,(H,10,11). The molecule has 0 bridgehead atoms. The summed E-state index contributed by atoms with van der Waals surface area (Å²) in [4.78, 5) is 10.7. The first-order valence-corrected chi connectivity index (χ1v) is 4.45. The summed E-state index contributed by atoms with van der Waals surface area (Å²) in [6.07, 6.45) is 2.66. The summed E-state index contributed by atoms with van der Waals surface area (Å²) >= 11 is 0. The van der Waals surface area contributed by atoms with Gasteiger partial charge < -0.3 is 5.32 Å². The highest BCUT2D eigenvalue weighted by molar-refractivity contribution is 5.73. The van der Waals surface area contributed by atoms with E-state index in [2.05, 4.69) is 12.2 Å². The molecule has 2 fully saturated rings. The van der Waals surface area contributed by atoms with Crippen molar-refractivity contribution in [1.82, 2.24) is 5.32 Å². The van der Waals surface area contributed by atoms with Gasteiger partial charge in [-0.25, -0.2) is 0 Å². The van der Waals surface area contributed by atoms with Gasteiger partial charge in [-0.15, -0.1) is 0 Å². The molecule has 0 heterocycles. The van der Waals surface area contributed by atoms with Crippen LogP contribution in [-0.2, 0) is 4.79 Å². The molecule has 0 saturated heterocycles. The number of rotatable bonds is 1. The van der Waals surface area contributed by atoms with Crippen molar-refractivity contribution >= 4 is 5.91 Å². The summed E-state index contributed by atoms with van der Waals surface area (Å²) in [7, 11) is 0. The molecule has 0 aromatic carbocycles. The summed E-state index contributed by atoms with van der Waals surface area (Å²) in [6.45, 7) is 3.91. The number of fused-ring (bicyclic) bond motifs is 1. The van der Waals surface area contributed by atoms with Crippen molar-refractivity contribution in [2.24, 2.45) is 17.8 Å². The van der Waals surface area contributed by atoms with Gasteiger partial charge in [-0.05, 0) is 30.6 Å². The first-order valence-electron chi connectivity index (χ1n) is 4.45. The Morgan fingerprint density at radius 1 is 1.36 bits per heavy atom. The minimum atomic E-state index is 0.136. The Morgan fingerprint density at radius 3 is 2.36 bits per heavy atom. The summed E-state index contributed by atoms with van der Waals surface area (Å²) in [6, 6.07) is 0.545. The van der Waals surface area contributed by atoms with Crippen molar-refractivity contribution in [2.75, 3.05) is 0 Å². The first-order chi connectivity index (χ1) is 5.18. The van der Waals surface area contributed by atoms with E-state index in [1.807, 2.05) is 0 Å². The highest BCUT2D eigenvalue weighted by atomic mass is 16.1. The fourth-order valence-corrected chi connectivity index (χ4v) is 2.56. The van der Waals surface area contributed by atoms with E-state index in [9.17, 15) is 4.79 Å². The average molecular weight is 153 g/mol. The van der Waals surface area contributed by atoms with E-state index >= 15 is 0 Å². The van der Waals surface area contributed by atoms with Gasteiger partial charge in [0.1, 0.15) is 0 Å². The Kier molecular flexibility index (Phi) is 1.44. The molecule has 1 N–H and O–H groups in total. The van der Waals surface area contributed by atoms with E-state index in [1.54, 1.807) is 6.92 Å². The Bertz CT molecular complexity index is 178. The molecule has 0 aliphatic heterocycles. The van der Waals surface area contributed by atoms with Crippen LogP contribution in [0.5, 0.6) is 0 Å². The Morgan fingerprint density at radius 2 is 1.91 bits per heavy atom. The van der Waals surface area contributed by atoms with E-state index in [0.29, 0.717) is 6.04 Å². The SMILES string of the molecule is CC(=O)NC1C2CC(C)CC21. The molecule has 2 heteroatoms. The molecule has 0 radical (unpaired) electrons. The summed E-state index contributed by atoms with van der Waals surface area (Å²) in [5, 5.41) is 3.00. The second-order valence-corrected chi connectivity index (χ2v) is 4.13. The third-order valence-electron chi connectivity index (χ3n) is 3.05. The van der Waals surface area contributed by atoms with Crippen molar-refractivity contribution < 1.29 is 4.79 Å². The fraction of sp³-hybridized carbons (Fsp3) is 0.889. The lowest BCUT2D eigenvalue weighted by atomic mass is 10.1. The molecule has 2 saturated carbocycles. The minimum absolute atomic E-state index is 0.136. The maximum Gasteiger partial charge on any atom is 0.217 e. The normalized spacial score (nSPS) is 46.7. The predicted octanol–water partition coefficient (Wildman–Crippen LogP) is 1.17. The molecule has 62 valence electrons. The van der Waals surface area contributed by atoms with Crippen molar-refractivity contribution in [1.29, 1.82) is 0 Å². The number of hydrogen-bond acceptors (Lipinski definition) is 1. The molecule has 0 aromatic rings. The van der Waals surface area contributed by atoms with E-state index in [-0.39, 0.29) is 5.91 Å². The highest BCUT2D eigenvalue weighted by Gasteiger charge is 2.55. The smallest absolute Gasteiger partial charge is 0.217 e. The lowest BCUT2D eigenvalue weighted by Crippen LogP contribution is -2.26. The van der Waals surface area contributed by atoms with Gasteiger partial charge in [0.25, 0.3) is 0 Å². The third kappa shape index (κ3) is 1.15. The van der Waals surface area contributed by atoms with E-state index in [4.69, 9.17) is 0 Å². The van der Waals surface area contributed by atoms with Crippen molar-refractivity contribution in [3.05, 3.63) is 0 Å². The first kappa shape index (κ1) is 7.14. The number of carbonyl (C=O) groups excluding carboxylic acids is 1. The molecule has 0 aromatic heterocycles. The topological polar surface area (TPSA) is 29.1 Å². The van der Waals surface area contributed by atoms with Crippen LogP contribution < -0.4 is 5.32 Å². The monoisotopic (exact) mass is 153 g/mol. The lowest BCUT2D eigenvalue weighted by Gasteiger charge is -2.08. The van der Waals surface area contributed by atoms with Crippen molar-refractivity contribution in [3.8, 4) is 0 Å². The average Bonchev–Trinajstić information content (AvgIpc) is 2.43. The maximum atomic E-state index is 10.7. The largest absolute Gasteiger partial charge is 0.353 e. The number of amides is 1. The van der Waals surface area contributed by atoms with Crippen molar-refractivity contribution in [2.45, 2.75) is 32.7 Å². The molecule has 2 atom stereocenters. The Hall–Kier alpha value is -0.530. The number of carbonyl (C=O) groups is 1. The summed E-state index contributed by atoms with van der Waals surface area (Å²) in [5.41, 5.74) is 0. The van der Waals surface area contributed by atoms with Gasteiger partial charge in [0.05, 0.1) is 0 Å². The van der Waals surface area contributed by atoms with Crippen LogP contribution in [0.1, 0.15) is 26.7 Å². The Balaban J connectivity index is 1.83. The van der Waals surface area contributed by atoms with Crippen LogP contribution in [0, 0.1) is 17.8 Å². The quantitative estimate of drug-likeness (QED) is 0.602.